The maximum absolute atomic E-state index is 9.18. The van der Waals surface area contributed by atoms with E-state index in [2.05, 4.69) is 4.98 Å². The third-order valence-corrected chi connectivity index (χ3v) is 2.80. The number of aliphatic hydroxyl groups excluding tert-OH is 2. The van der Waals surface area contributed by atoms with Gasteiger partial charge in [0.15, 0.2) is 0 Å². The Hall–Kier alpha value is -1.03. The topological polar surface area (TPSA) is 56.2 Å². The molecular weight excluding hydrogens is 214 g/mol. The SMILES string of the molecule is OCCc1c(CO)[nH]c2cccc(Cl)c12. The first-order chi connectivity index (χ1) is 7.27. The fraction of sp³-hybridized carbons (Fsp3) is 0.273. The number of H-pyrrole nitrogens is 1. The van der Waals surface area contributed by atoms with Crippen LogP contribution in [-0.4, -0.2) is 21.8 Å². The molecule has 15 heavy (non-hydrogen) atoms. The van der Waals surface area contributed by atoms with Gasteiger partial charge >= 0.3 is 0 Å². The van der Waals surface area contributed by atoms with Gasteiger partial charge in [0.25, 0.3) is 0 Å². The van der Waals surface area contributed by atoms with Crippen molar-refractivity contribution in [2.75, 3.05) is 6.61 Å². The largest absolute Gasteiger partial charge is 0.396 e. The van der Waals surface area contributed by atoms with Gasteiger partial charge in [-0.1, -0.05) is 17.7 Å². The molecule has 1 aromatic heterocycles. The zero-order valence-electron chi connectivity index (χ0n) is 8.13. The zero-order valence-corrected chi connectivity index (χ0v) is 8.88. The smallest absolute Gasteiger partial charge is 0.0834 e. The van der Waals surface area contributed by atoms with Crippen LogP contribution in [-0.2, 0) is 13.0 Å². The summed E-state index contributed by atoms with van der Waals surface area (Å²) in [5, 5.41) is 19.7. The maximum atomic E-state index is 9.18. The Balaban J connectivity index is 2.70. The van der Waals surface area contributed by atoms with Crippen LogP contribution in [0.25, 0.3) is 10.9 Å². The molecule has 0 radical (unpaired) electrons. The highest BCUT2D eigenvalue weighted by Gasteiger charge is 2.12. The van der Waals surface area contributed by atoms with Gasteiger partial charge in [-0.2, -0.15) is 0 Å². The van der Waals surface area contributed by atoms with Crippen LogP contribution in [0, 0.1) is 0 Å². The van der Waals surface area contributed by atoms with Gasteiger partial charge in [-0.3, -0.25) is 0 Å². The van der Waals surface area contributed by atoms with Gasteiger partial charge in [0.05, 0.1) is 11.6 Å². The van der Waals surface area contributed by atoms with Crippen LogP contribution in [0.2, 0.25) is 5.02 Å². The highest BCUT2D eigenvalue weighted by Crippen LogP contribution is 2.29. The lowest BCUT2D eigenvalue weighted by Gasteiger charge is -2.00. The van der Waals surface area contributed by atoms with Crippen molar-refractivity contribution in [3.05, 3.63) is 34.5 Å². The summed E-state index contributed by atoms with van der Waals surface area (Å²) in [5.41, 5.74) is 2.53. The number of fused-ring (bicyclic) bond motifs is 1. The molecule has 0 fully saturated rings. The summed E-state index contributed by atoms with van der Waals surface area (Å²) in [6.45, 7) is -0.0223. The standard InChI is InChI=1S/C11H12ClNO2/c12-8-2-1-3-9-11(8)7(4-5-14)10(6-15)13-9/h1-3,13-15H,4-6H2. The molecule has 3 N–H and O–H groups in total. The molecule has 0 unspecified atom stereocenters. The third-order valence-electron chi connectivity index (χ3n) is 2.49. The summed E-state index contributed by atoms with van der Waals surface area (Å²) in [6.07, 6.45) is 0.500. The molecule has 0 aliphatic carbocycles. The Morgan fingerprint density at radius 2 is 2.07 bits per heavy atom. The lowest BCUT2D eigenvalue weighted by atomic mass is 10.1. The zero-order chi connectivity index (χ0) is 10.8. The van der Waals surface area contributed by atoms with E-state index in [1.54, 1.807) is 6.07 Å². The van der Waals surface area contributed by atoms with Crippen LogP contribution in [0.3, 0.4) is 0 Å². The van der Waals surface area contributed by atoms with Crippen molar-refractivity contribution < 1.29 is 10.2 Å². The van der Waals surface area contributed by atoms with Crippen molar-refractivity contribution in [2.24, 2.45) is 0 Å². The molecule has 0 saturated carbocycles. The average Bonchev–Trinajstić information content (AvgIpc) is 2.58. The molecule has 0 amide bonds. The summed E-state index contributed by atoms with van der Waals surface area (Å²) < 4.78 is 0. The third kappa shape index (κ3) is 1.74. The molecule has 1 aromatic carbocycles. The van der Waals surface area contributed by atoms with Crippen molar-refractivity contribution in [1.82, 2.24) is 4.98 Å². The van der Waals surface area contributed by atoms with Crippen LogP contribution in [0.4, 0.5) is 0 Å². The molecule has 2 rings (SSSR count). The molecular formula is C11H12ClNO2. The van der Waals surface area contributed by atoms with Crippen molar-refractivity contribution in [1.29, 1.82) is 0 Å². The quantitative estimate of drug-likeness (QED) is 0.747. The minimum absolute atomic E-state index is 0.0468. The first-order valence-electron chi connectivity index (χ1n) is 4.77. The van der Waals surface area contributed by atoms with Gasteiger partial charge in [0.1, 0.15) is 0 Å². The van der Waals surface area contributed by atoms with E-state index in [-0.39, 0.29) is 13.2 Å². The molecule has 0 spiro atoms. The highest BCUT2D eigenvalue weighted by molar-refractivity contribution is 6.35. The fourth-order valence-corrected chi connectivity index (χ4v) is 2.14. The van der Waals surface area contributed by atoms with E-state index in [0.717, 1.165) is 22.2 Å². The van der Waals surface area contributed by atoms with Crippen molar-refractivity contribution in [3.8, 4) is 0 Å². The number of rotatable bonds is 3. The lowest BCUT2D eigenvalue weighted by molar-refractivity contribution is 0.272. The molecule has 0 bridgehead atoms. The Bertz CT molecular complexity index is 479. The highest BCUT2D eigenvalue weighted by atomic mass is 35.5. The van der Waals surface area contributed by atoms with Crippen LogP contribution >= 0.6 is 11.6 Å². The predicted molar refractivity (Wildman–Crippen MR) is 60.0 cm³/mol. The van der Waals surface area contributed by atoms with Gasteiger partial charge < -0.3 is 15.2 Å². The van der Waals surface area contributed by atoms with Crippen molar-refractivity contribution in [2.45, 2.75) is 13.0 Å². The first-order valence-corrected chi connectivity index (χ1v) is 5.15. The molecule has 0 atom stereocenters. The molecule has 3 nitrogen and oxygen atoms in total. The monoisotopic (exact) mass is 225 g/mol. The number of benzene rings is 1. The van der Waals surface area contributed by atoms with E-state index < -0.39 is 0 Å². The van der Waals surface area contributed by atoms with Crippen molar-refractivity contribution >= 4 is 22.5 Å². The second kappa shape index (κ2) is 4.23. The van der Waals surface area contributed by atoms with E-state index in [1.165, 1.54) is 0 Å². The van der Waals surface area contributed by atoms with Gasteiger partial charge in [0.2, 0.25) is 0 Å². The minimum atomic E-state index is -0.0691. The Morgan fingerprint density at radius 1 is 1.27 bits per heavy atom. The van der Waals surface area contributed by atoms with E-state index in [9.17, 15) is 5.11 Å². The summed E-state index contributed by atoms with van der Waals surface area (Å²) in [6, 6.07) is 5.56. The van der Waals surface area contributed by atoms with E-state index in [4.69, 9.17) is 16.7 Å². The number of aliphatic hydroxyl groups is 2. The number of hydrogen-bond acceptors (Lipinski definition) is 2. The van der Waals surface area contributed by atoms with Gasteiger partial charge in [-0.15, -0.1) is 0 Å². The summed E-state index contributed by atoms with van der Waals surface area (Å²) in [5.74, 6) is 0. The normalized spacial score (nSPS) is 11.1. The number of halogens is 1. The molecule has 0 saturated heterocycles. The van der Waals surface area contributed by atoms with Gasteiger partial charge in [-0.25, -0.2) is 0 Å². The predicted octanol–water partition coefficient (Wildman–Crippen LogP) is 1.85. The summed E-state index contributed by atoms with van der Waals surface area (Å²) in [7, 11) is 0. The molecule has 0 aliphatic rings. The molecule has 0 aliphatic heterocycles. The first kappa shape index (κ1) is 10.5. The molecule has 1 heterocycles. The van der Waals surface area contributed by atoms with Gasteiger partial charge in [0, 0.05) is 23.2 Å². The van der Waals surface area contributed by atoms with Crippen molar-refractivity contribution in [3.63, 3.8) is 0 Å². The average molecular weight is 226 g/mol. The van der Waals surface area contributed by atoms with Gasteiger partial charge in [-0.05, 0) is 24.1 Å². The Kier molecular flexibility index (Phi) is 2.95. The minimum Gasteiger partial charge on any atom is -0.396 e. The van der Waals surface area contributed by atoms with Crippen LogP contribution < -0.4 is 0 Å². The number of hydrogen-bond donors (Lipinski definition) is 3. The van der Waals surface area contributed by atoms with E-state index in [1.807, 2.05) is 12.1 Å². The lowest BCUT2D eigenvalue weighted by Crippen LogP contribution is -1.95. The second-order valence-electron chi connectivity index (χ2n) is 3.38. The Labute approximate surface area is 92.3 Å². The van der Waals surface area contributed by atoms with E-state index >= 15 is 0 Å². The second-order valence-corrected chi connectivity index (χ2v) is 3.78. The summed E-state index contributed by atoms with van der Waals surface area (Å²) in [4.78, 5) is 3.09. The molecule has 2 aromatic rings. The number of aromatic amines is 1. The van der Waals surface area contributed by atoms with E-state index in [0.29, 0.717) is 11.4 Å². The molecule has 4 heteroatoms. The molecule has 80 valence electrons. The summed E-state index contributed by atoms with van der Waals surface area (Å²) >= 11 is 6.08. The van der Waals surface area contributed by atoms with Crippen LogP contribution in [0.1, 0.15) is 11.3 Å². The fourth-order valence-electron chi connectivity index (χ4n) is 1.85. The Morgan fingerprint density at radius 3 is 2.73 bits per heavy atom. The van der Waals surface area contributed by atoms with Crippen LogP contribution in [0.15, 0.2) is 18.2 Å². The number of aromatic nitrogens is 1. The number of nitrogens with one attached hydrogen (secondary N) is 1. The maximum Gasteiger partial charge on any atom is 0.0834 e. The van der Waals surface area contributed by atoms with Crippen LogP contribution in [0.5, 0.6) is 0 Å².